The number of rotatable bonds is 4. The van der Waals surface area contributed by atoms with Crippen LogP contribution in [-0.4, -0.2) is 5.11 Å². The van der Waals surface area contributed by atoms with Crippen LogP contribution in [0.1, 0.15) is 24.5 Å². The molecule has 1 unspecified atom stereocenters. The smallest absolute Gasteiger partial charge is 0.142 e. The van der Waals surface area contributed by atoms with Crippen LogP contribution in [0.4, 0.5) is 8.78 Å². The van der Waals surface area contributed by atoms with E-state index in [1.807, 2.05) is 0 Å². The zero-order valence-electron chi connectivity index (χ0n) is 8.01. The molecule has 0 radical (unpaired) electrons. The summed E-state index contributed by atoms with van der Waals surface area (Å²) in [4.78, 5) is 0. The molecule has 0 aliphatic carbocycles. The van der Waals surface area contributed by atoms with E-state index in [0.717, 1.165) is 12.1 Å². The maximum Gasteiger partial charge on any atom is 0.142 e. The van der Waals surface area contributed by atoms with Gasteiger partial charge in [-0.05, 0) is 25.0 Å². The van der Waals surface area contributed by atoms with Gasteiger partial charge in [-0.15, -0.1) is 6.58 Å². The maximum absolute atomic E-state index is 13.3. The number of aliphatic hydroxyl groups is 1. The first-order valence-electron chi connectivity index (χ1n) is 4.49. The molecule has 4 heteroatoms. The summed E-state index contributed by atoms with van der Waals surface area (Å²) in [6.45, 7) is 3.48. The second-order valence-corrected chi connectivity index (χ2v) is 3.58. The highest BCUT2D eigenvalue weighted by Gasteiger charge is 2.15. The van der Waals surface area contributed by atoms with Crippen molar-refractivity contribution in [3.8, 4) is 0 Å². The van der Waals surface area contributed by atoms with E-state index in [9.17, 15) is 13.9 Å². The molecule has 0 spiro atoms. The summed E-state index contributed by atoms with van der Waals surface area (Å²) >= 11 is 5.38. The molecule has 1 N–H and O–H groups in total. The Kier molecular flexibility index (Phi) is 4.24. The van der Waals surface area contributed by atoms with Crippen molar-refractivity contribution in [1.29, 1.82) is 0 Å². The molecule has 0 saturated heterocycles. The minimum absolute atomic E-state index is 0.0706. The quantitative estimate of drug-likeness (QED) is 0.621. The van der Waals surface area contributed by atoms with E-state index in [0.29, 0.717) is 12.8 Å². The summed E-state index contributed by atoms with van der Waals surface area (Å²) in [7, 11) is 0. The number of hydrogen-bond acceptors (Lipinski definition) is 1. The lowest BCUT2D eigenvalue weighted by Crippen LogP contribution is -2.01. The molecule has 82 valence electrons. The lowest BCUT2D eigenvalue weighted by Gasteiger charge is -2.11. The van der Waals surface area contributed by atoms with E-state index in [4.69, 9.17) is 11.6 Å². The molecule has 0 aliphatic heterocycles. The molecule has 15 heavy (non-hydrogen) atoms. The Bertz CT molecular complexity index is 366. The molecule has 1 nitrogen and oxygen atoms in total. The highest BCUT2D eigenvalue weighted by atomic mass is 35.5. The molecule has 0 bridgehead atoms. The summed E-state index contributed by atoms with van der Waals surface area (Å²) in [6, 6.07) is 1.79. The zero-order valence-corrected chi connectivity index (χ0v) is 8.77. The van der Waals surface area contributed by atoms with Crippen LogP contribution in [0.15, 0.2) is 24.8 Å². The van der Waals surface area contributed by atoms with Gasteiger partial charge in [0, 0.05) is 5.56 Å². The Morgan fingerprint density at radius 2 is 2.07 bits per heavy atom. The van der Waals surface area contributed by atoms with Gasteiger partial charge in [-0.3, -0.25) is 0 Å². The first-order valence-corrected chi connectivity index (χ1v) is 4.87. The summed E-state index contributed by atoms with van der Waals surface area (Å²) < 4.78 is 26.3. The molecule has 1 aromatic carbocycles. The van der Waals surface area contributed by atoms with E-state index in [2.05, 4.69) is 6.58 Å². The second-order valence-electron chi connectivity index (χ2n) is 3.17. The third-order valence-corrected chi connectivity index (χ3v) is 2.33. The number of allylic oxidation sites excluding steroid dienone is 1. The minimum Gasteiger partial charge on any atom is -0.388 e. The molecule has 1 atom stereocenters. The molecule has 0 aromatic heterocycles. The van der Waals surface area contributed by atoms with Crippen molar-refractivity contribution < 1.29 is 13.9 Å². The van der Waals surface area contributed by atoms with Crippen molar-refractivity contribution in [3.05, 3.63) is 47.0 Å². The normalized spacial score (nSPS) is 12.5. The van der Waals surface area contributed by atoms with Crippen molar-refractivity contribution in [1.82, 2.24) is 0 Å². The lowest BCUT2D eigenvalue weighted by atomic mass is 10.0. The van der Waals surface area contributed by atoms with Crippen molar-refractivity contribution >= 4 is 11.6 Å². The van der Waals surface area contributed by atoms with Gasteiger partial charge >= 0.3 is 0 Å². The van der Waals surface area contributed by atoms with Gasteiger partial charge in [0.15, 0.2) is 0 Å². The van der Waals surface area contributed by atoms with E-state index >= 15 is 0 Å². The third kappa shape index (κ3) is 3.01. The summed E-state index contributed by atoms with van der Waals surface area (Å²) in [5.41, 5.74) is -0.0706. The van der Waals surface area contributed by atoms with Crippen molar-refractivity contribution in [2.24, 2.45) is 0 Å². The first-order chi connectivity index (χ1) is 7.06. The Morgan fingerprint density at radius 1 is 1.40 bits per heavy atom. The average molecular weight is 233 g/mol. The van der Waals surface area contributed by atoms with E-state index < -0.39 is 17.7 Å². The fourth-order valence-electron chi connectivity index (χ4n) is 1.22. The fourth-order valence-corrected chi connectivity index (χ4v) is 1.37. The molecular formula is C11H11ClF2O. The summed E-state index contributed by atoms with van der Waals surface area (Å²) in [6.07, 6.45) is 1.41. The Hall–Kier alpha value is -0.930. The molecule has 0 aliphatic rings. The van der Waals surface area contributed by atoms with Crippen LogP contribution >= 0.6 is 11.6 Å². The number of halogens is 3. The number of aliphatic hydroxyl groups excluding tert-OH is 1. The lowest BCUT2D eigenvalue weighted by molar-refractivity contribution is 0.163. The largest absolute Gasteiger partial charge is 0.388 e. The van der Waals surface area contributed by atoms with Gasteiger partial charge in [0.2, 0.25) is 0 Å². The van der Waals surface area contributed by atoms with Gasteiger partial charge in [0.1, 0.15) is 11.6 Å². The Balaban J connectivity index is 2.93. The molecule has 1 rings (SSSR count). The molecule has 0 heterocycles. The third-order valence-electron chi connectivity index (χ3n) is 2.04. The van der Waals surface area contributed by atoms with Crippen LogP contribution < -0.4 is 0 Å². The van der Waals surface area contributed by atoms with Gasteiger partial charge in [-0.1, -0.05) is 17.7 Å². The van der Waals surface area contributed by atoms with Gasteiger partial charge in [-0.25, -0.2) is 8.78 Å². The summed E-state index contributed by atoms with van der Waals surface area (Å²) in [5.74, 6) is -1.43. The highest BCUT2D eigenvalue weighted by molar-refractivity contribution is 6.30. The zero-order chi connectivity index (χ0) is 11.4. The van der Waals surface area contributed by atoms with Crippen LogP contribution in [0, 0.1) is 11.6 Å². The van der Waals surface area contributed by atoms with Crippen LogP contribution in [0.3, 0.4) is 0 Å². The molecule has 0 fully saturated rings. The highest BCUT2D eigenvalue weighted by Crippen LogP contribution is 2.26. The predicted octanol–water partition coefficient (Wildman–Crippen LogP) is 3.62. The maximum atomic E-state index is 13.3. The van der Waals surface area contributed by atoms with Gasteiger partial charge in [0.25, 0.3) is 0 Å². The molecule has 0 amide bonds. The Morgan fingerprint density at radius 3 is 2.67 bits per heavy atom. The molecule has 0 saturated carbocycles. The molecular weight excluding hydrogens is 222 g/mol. The number of benzene rings is 1. The summed E-state index contributed by atoms with van der Waals surface area (Å²) in [5, 5.41) is 9.27. The van der Waals surface area contributed by atoms with Gasteiger partial charge in [0.05, 0.1) is 11.1 Å². The first kappa shape index (κ1) is 12.1. The van der Waals surface area contributed by atoms with Crippen LogP contribution in [-0.2, 0) is 0 Å². The van der Waals surface area contributed by atoms with Gasteiger partial charge in [-0.2, -0.15) is 0 Å². The van der Waals surface area contributed by atoms with E-state index in [-0.39, 0.29) is 10.6 Å². The van der Waals surface area contributed by atoms with Crippen molar-refractivity contribution in [2.45, 2.75) is 18.9 Å². The second kappa shape index (κ2) is 5.24. The minimum atomic E-state index is -1.03. The van der Waals surface area contributed by atoms with Gasteiger partial charge < -0.3 is 5.11 Å². The monoisotopic (exact) mass is 232 g/mol. The van der Waals surface area contributed by atoms with Crippen molar-refractivity contribution in [2.75, 3.05) is 0 Å². The van der Waals surface area contributed by atoms with Crippen LogP contribution in [0.5, 0.6) is 0 Å². The number of hydrogen-bond donors (Lipinski definition) is 1. The van der Waals surface area contributed by atoms with E-state index in [1.165, 1.54) is 0 Å². The topological polar surface area (TPSA) is 20.2 Å². The average Bonchev–Trinajstić information content (AvgIpc) is 2.20. The van der Waals surface area contributed by atoms with Crippen LogP contribution in [0.2, 0.25) is 5.02 Å². The Labute approximate surface area is 92.0 Å². The molecule has 1 aromatic rings. The predicted molar refractivity (Wildman–Crippen MR) is 55.8 cm³/mol. The fraction of sp³-hybridized carbons (Fsp3) is 0.273. The van der Waals surface area contributed by atoms with Crippen molar-refractivity contribution in [3.63, 3.8) is 0 Å². The van der Waals surface area contributed by atoms with Crippen LogP contribution in [0.25, 0.3) is 0 Å². The SMILES string of the molecule is C=CCCC(O)c1cc(F)c(Cl)cc1F. The van der Waals surface area contributed by atoms with E-state index in [1.54, 1.807) is 6.08 Å². The standard InChI is InChI=1S/C11H11ClF2O/c1-2-3-4-11(15)7-5-10(14)8(12)6-9(7)13/h2,5-6,11,15H,1,3-4H2.